The van der Waals surface area contributed by atoms with Crippen LogP contribution in [0.3, 0.4) is 0 Å². The Morgan fingerprint density at radius 1 is 0.517 bits per heavy atom. The van der Waals surface area contributed by atoms with E-state index in [0.29, 0.717) is 0 Å². The third kappa shape index (κ3) is 3.57. The number of hydrogen-bond donors (Lipinski definition) is 0. The van der Waals surface area contributed by atoms with Crippen molar-refractivity contribution in [3.05, 3.63) is 108 Å². The van der Waals surface area contributed by atoms with Crippen molar-refractivity contribution >= 4 is 26.8 Å². The van der Waals surface area contributed by atoms with Gasteiger partial charge in [-0.3, -0.25) is 0 Å². The lowest BCUT2D eigenvalue weighted by molar-refractivity contribution is 1.23. The van der Waals surface area contributed by atoms with Crippen LogP contribution in [0.4, 0.5) is 0 Å². The molecule has 0 aliphatic heterocycles. The van der Waals surface area contributed by atoms with Gasteiger partial charge in [-0.05, 0) is 29.3 Å². The standard InChI is InChI=1S/C26H17BrN2/c27-22-10-6-9-21(17-22)25-23-11-4-5-12-24(23)28-26(29-25)20-15-13-19(14-16-20)18-7-2-1-3-8-18/h1-17H. The van der Waals surface area contributed by atoms with Gasteiger partial charge in [0.2, 0.25) is 0 Å². The molecular weight excluding hydrogens is 420 g/mol. The van der Waals surface area contributed by atoms with Crippen molar-refractivity contribution in [2.24, 2.45) is 0 Å². The van der Waals surface area contributed by atoms with Crippen molar-refractivity contribution in [2.45, 2.75) is 0 Å². The Balaban J connectivity index is 1.64. The van der Waals surface area contributed by atoms with Crippen LogP contribution in [0.25, 0.3) is 44.7 Å². The maximum absolute atomic E-state index is 4.95. The molecule has 1 aromatic heterocycles. The van der Waals surface area contributed by atoms with Crippen LogP contribution in [-0.4, -0.2) is 9.97 Å². The second-order valence-corrected chi connectivity index (χ2v) is 7.78. The molecule has 0 saturated carbocycles. The third-order valence-electron chi connectivity index (χ3n) is 4.95. The number of halogens is 1. The van der Waals surface area contributed by atoms with Gasteiger partial charge in [0.25, 0.3) is 0 Å². The molecule has 0 aliphatic carbocycles. The molecule has 4 aromatic carbocycles. The van der Waals surface area contributed by atoms with E-state index < -0.39 is 0 Å². The summed E-state index contributed by atoms with van der Waals surface area (Å²) < 4.78 is 1.03. The SMILES string of the molecule is Brc1cccc(-c2nc(-c3ccc(-c4ccccc4)cc3)nc3ccccc23)c1. The van der Waals surface area contributed by atoms with Crippen LogP contribution >= 0.6 is 15.9 Å². The van der Waals surface area contributed by atoms with Gasteiger partial charge >= 0.3 is 0 Å². The van der Waals surface area contributed by atoms with Gasteiger partial charge in [-0.25, -0.2) is 9.97 Å². The summed E-state index contributed by atoms with van der Waals surface area (Å²) in [5.74, 6) is 0.735. The molecule has 0 radical (unpaired) electrons. The highest BCUT2D eigenvalue weighted by molar-refractivity contribution is 9.10. The highest BCUT2D eigenvalue weighted by Crippen LogP contribution is 2.31. The van der Waals surface area contributed by atoms with E-state index in [-0.39, 0.29) is 0 Å². The van der Waals surface area contributed by atoms with Crippen LogP contribution in [0.1, 0.15) is 0 Å². The number of fused-ring (bicyclic) bond motifs is 1. The van der Waals surface area contributed by atoms with Gasteiger partial charge in [-0.15, -0.1) is 0 Å². The number of hydrogen-bond acceptors (Lipinski definition) is 2. The molecule has 5 aromatic rings. The number of rotatable bonds is 3. The average molecular weight is 437 g/mol. The second-order valence-electron chi connectivity index (χ2n) is 6.87. The molecule has 0 aliphatic rings. The molecule has 0 atom stereocenters. The van der Waals surface area contributed by atoms with E-state index in [1.807, 2.05) is 36.4 Å². The summed E-state index contributed by atoms with van der Waals surface area (Å²) in [6, 6.07) is 35.2. The van der Waals surface area contributed by atoms with Crippen LogP contribution in [0, 0.1) is 0 Å². The zero-order chi connectivity index (χ0) is 19.6. The van der Waals surface area contributed by atoms with Crippen molar-refractivity contribution in [3.63, 3.8) is 0 Å². The number of nitrogens with zero attached hydrogens (tertiary/aromatic N) is 2. The lowest BCUT2D eigenvalue weighted by Gasteiger charge is -2.10. The molecule has 0 amide bonds. The van der Waals surface area contributed by atoms with Crippen LogP contribution < -0.4 is 0 Å². The molecule has 2 nitrogen and oxygen atoms in total. The maximum atomic E-state index is 4.95. The average Bonchev–Trinajstić information content (AvgIpc) is 2.79. The number of benzene rings is 4. The normalized spacial score (nSPS) is 10.9. The lowest BCUT2D eigenvalue weighted by Crippen LogP contribution is -1.95. The molecule has 0 unspecified atom stereocenters. The fraction of sp³-hybridized carbons (Fsp3) is 0. The molecule has 0 bridgehead atoms. The van der Waals surface area contributed by atoms with E-state index in [1.165, 1.54) is 11.1 Å². The van der Waals surface area contributed by atoms with Gasteiger partial charge in [-0.2, -0.15) is 0 Å². The van der Waals surface area contributed by atoms with Gasteiger partial charge in [0.05, 0.1) is 11.2 Å². The number of aromatic nitrogens is 2. The predicted octanol–water partition coefficient (Wildman–Crippen LogP) is 7.39. The molecular formula is C26H17BrN2. The van der Waals surface area contributed by atoms with E-state index in [1.54, 1.807) is 0 Å². The molecule has 5 rings (SSSR count). The molecule has 0 spiro atoms. The molecule has 0 N–H and O–H groups in total. The summed E-state index contributed by atoms with van der Waals surface area (Å²) >= 11 is 3.57. The topological polar surface area (TPSA) is 25.8 Å². The van der Waals surface area contributed by atoms with Crippen LogP contribution in [-0.2, 0) is 0 Å². The van der Waals surface area contributed by atoms with Crippen LogP contribution in [0.5, 0.6) is 0 Å². The van der Waals surface area contributed by atoms with Gasteiger partial charge < -0.3 is 0 Å². The Morgan fingerprint density at radius 3 is 1.97 bits per heavy atom. The minimum absolute atomic E-state index is 0.735. The Kier molecular flexibility index (Phi) is 4.66. The molecule has 29 heavy (non-hydrogen) atoms. The maximum Gasteiger partial charge on any atom is 0.160 e. The summed E-state index contributed by atoms with van der Waals surface area (Å²) in [6.45, 7) is 0. The molecule has 0 saturated heterocycles. The summed E-state index contributed by atoms with van der Waals surface area (Å²) in [4.78, 5) is 9.79. The smallest absolute Gasteiger partial charge is 0.160 e. The quantitative estimate of drug-likeness (QED) is 0.294. The Hall–Kier alpha value is -3.30. The molecule has 138 valence electrons. The van der Waals surface area contributed by atoms with E-state index in [0.717, 1.165) is 38.0 Å². The first-order valence-corrected chi connectivity index (χ1v) is 10.3. The van der Waals surface area contributed by atoms with Gasteiger partial charge in [0.1, 0.15) is 0 Å². The van der Waals surface area contributed by atoms with E-state index in [9.17, 15) is 0 Å². The van der Waals surface area contributed by atoms with Gasteiger partial charge in [-0.1, -0.05) is 101 Å². The summed E-state index contributed by atoms with van der Waals surface area (Å²) in [6.07, 6.45) is 0. The van der Waals surface area contributed by atoms with Crippen LogP contribution in [0.15, 0.2) is 108 Å². The fourth-order valence-electron chi connectivity index (χ4n) is 3.50. The zero-order valence-corrected chi connectivity index (χ0v) is 17.2. The Morgan fingerprint density at radius 2 is 1.17 bits per heavy atom. The van der Waals surface area contributed by atoms with Crippen molar-refractivity contribution in [2.75, 3.05) is 0 Å². The van der Waals surface area contributed by atoms with E-state index in [4.69, 9.17) is 9.97 Å². The molecule has 1 heterocycles. The van der Waals surface area contributed by atoms with E-state index in [2.05, 4.69) is 82.7 Å². The first-order valence-electron chi connectivity index (χ1n) is 9.46. The summed E-state index contributed by atoms with van der Waals surface area (Å²) in [5, 5.41) is 1.05. The predicted molar refractivity (Wildman–Crippen MR) is 124 cm³/mol. The minimum Gasteiger partial charge on any atom is -0.228 e. The Bertz CT molecular complexity index is 1300. The molecule has 3 heteroatoms. The van der Waals surface area contributed by atoms with Gasteiger partial charge in [0.15, 0.2) is 5.82 Å². The monoisotopic (exact) mass is 436 g/mol. The van der Waals surface area contributed by atoms with Crippen molar-refractivity contribution in [3.8, 4) is 33.8 Å². The largest absolute Gasteiger partial charge is 0.228 e. The summed E-state index contributed by atoms with van der Waals surface area (Å²) in [5.41, 5.74) is 6.35. The highest BCUT2D eigenvalue weighted by Gasteiger charge is 2.11. The van der Waals surface area contributed by atoms with Crippen molar-refractivity contribution in [1.29, 1.82) is 0 Å². The Labute approximate surface area is 178 Å². The first kappa shape index (κ1) is 17.8. The zero-order valence-electron chi connectivity index (χ0n) is 15.6. The highest BCUT2D eigenvalue weighted by atomic mass is 79.9. The fourth-order valence-corrected chi connectivity index (χ4v) is 3.90. The van der Waals surface area contributed by atoms with Crippen LogP contribution in [0.2, 0.25) is 0 Å². The minimum atomic E-state index is 0.735. The first-order chi connectivity index (χ1) is 14.3. The second kappa shape index (κ2) is 7.61. The van der Waals surface area contributed by atoms with Crippen molar-refractivity contribution < 1.29 is 0 Å². The van der Waals surface area contributed by atoms with Gasteiger partial charge in [0, 0.05) is 21.0 Å². The van der Waals surface area contributed by atoms with E-state index >= 15 is 0 Å². The number of para-hydroxylation sites is 1. The van der Waals surface area contributed by atoms with Crippen molar-refractivity contribution in [1.82, 2.24) is 9.97 Å². The lowest BCUT2D eigenvalue weighted by atomic mass is 10.0. The third-order valence-corrected chi connectivity index (χ3v) is 5.44. The molecule has 0 fully saturated rings. The summed E-state index contributed by atoms with van der Waals surface area (Å²) in [7, 11) is 0.